The summed E-state index contributed by atoms with van der Waals surface area (Å²) >= 11 is 5.33. The van der Waals surface area contributed by atoms with Crippen LogP contribution in [0.5, 0.6) is 5.75 Å². The minimum absolute atomic E-state index is 0.162. The van der Waals surface area contributed by atoms with Gasteiger partial charge in [-0.25, -0.2) is 0 Å². The van der Waals surface area contributed by atoms with Gasteiger partial charge in [-0.05, 0) is 40.1 Å². The lowest BCUT2D eigenvalue weighted by molar-refractivity contribution is 0.352. The summed E-state index contributed by atoms with van der Waals surface area (Å²) in [4.78, 5) is 0. The number of halogens is 1. The van der Waals surface area contributed by atoms with Crippen LogP contribution in [-0.2, 0) is 6.42 Å². The van der Waals surface area contributed by atoms with Crippen LogP contribution in [0.3, 0.4) is 0 Å². The maximum Gasteiger partial charge on any atom is 0.127 e. The van der Waals surface area contributed by atoms with Crippen molar-refractivity contribution >= 4 is 37.4 Å². The zero-order valence-corrected chi connectivity index (χ0v) is 13.7. The molecule has 0 saturated heterocycles. The van der Waals surface area contributed by atoms with Gasteiger partial charge in [0.25, 0.3) is 0 Å². The predicted molar refractivity (Wildman–Crippen MR) is 91.2 cm³/mol. The minimum Gasteiger partial charge on any atom is -0.493 e. The Balaban J connectivity index is 1.87. The molecule has 2 N–H and O–H groups in total. The monoisotopic (exact) mass is 359 g/mol. The van der Waals surface area contributed by atoms with Crippen molar-refractivity contribution in [3.8, 4) is 5.75 Å². The highest BCUT2D eigenvalue weighted by Gasteiger charge is 2.23. The first-order chi connectivity index (χ1) is 10.2. The summed E-state index contributed by atoms with van der Waals surface area (Å²) in [7, 11) is 0. The molecular formula is C17H14BrNOS. The Hall–Kier alpha value is -1.36. The predicted octanol–water partition coefficient (Wildman–Crippen LogP) is 4.65. The number of hydrogen-bond acceptors (Lipinski definition) is 3. The first-order valence-electron chi connectivity index (χ1n) is 6.91. The standard InChI is InChI=1S/C17H14BrNOS/c18-11-7-10-5-6-20-17(10)13(8-11)16(19)14-9-21-15-4-2-1-3-12(14)15/h1-4,7-9,16H,5-6,19H2. The summed E-state index contributed by atoms with van der Waals surface area (Å²) in [5, 5.41) is 3.40. The van der Waals surface area contributed by atoms with Crippen molar-refractivity contribution in [1.82, 2.24) is 0 Å². The van der Waals surface area contributed by atoms with Crippen LogP contribution in [-0.4, -0.2) is 6.61 Å². The van der Waals surface area contributed by atoms with Gasteiger partial charge in [0.2, 0.25) is 0 Å². The molecule has 0 aliphatic carbocycles. The number of fused-ring (bicyclic) bond motifs is 2. The molecule has 2 nitrogen and oxygen atoms in total. The molecule has 4 rings (SSSR count). The van der Waals surface area contributed by atoms with Gasteiger partial charge < -0.3 is 10.5 Å². The van der Waals surface area contributed by atoms with Crippen LogP contribution in [0.25, 0.3) is 10.1 Å². The molecule has 4 heteroatoms. The Morgan fingerprint density at radius 3 is 2.95 bits per heavy atom. The Morgan fingerprint density at radius 1 is 1.19 bits per heavy atom. The van der Waals surface area contributed by atoms with Crippen molar-refractivity contribution in [3.63, 3.8) is 0 Å². The number of thiophene rings is 1. The second-order valence-corrected chi connectivity index (χ2v) is 7.07. The highest BCUT2D eigenvalue weighted by Crippen LogP contribution is 2.40. The molecule has 1 aliphatic rings. The molecule has 2 heterocycles. The van der Waals surface area contributed by atoms with Gasteiger partial charge >= 0.3 is 0 Å². The van der Waals surface area contributed by atoms with Gasteiger partial charge in [-0.15, -0.1) is 11.3 Å². The highest BCUT2D eigenvalue weighted by atomic mass is 79.9. The molecule has 2 aromatic carbocycles. The number of ether oxygens (including phenoxy) is 1. The molecule has 0 fully saturated rings. The van der Waals surface area contributed by atoms with E-state index < -0.39 is 0 Å². The fraction of sp³-hybridized carbons (Fsp3) is 0.176. The van der Waals surface area contributed by atoms with Gasteiger partial charge in [-0.1, -0.05) is 34.1 Å². The molecule has 0 saturated carbocycles. The van der Waals surface area contributed by atoms with E-state index in [1.165, 1.54) is 21.2 Å². The Kier molecular flexibility index (Phi) is 3.25. The quantitative estimate of drug-likeness (QED) is 0.722. The lowest BCUT2D eigenvalue weighted by Gasteiger charge is -2.16. The van der Waals surface area contributed by atoms with Gasteiger partial charge in [0.05, 0.1) is 12.6 Å². The number of nitrogens with two attached hydrogens (primary N) is 1. The summed E-state index contributed by atoms with van der Waals surface area (Å²) in [5.41, 5.74) is 10.1. The van der Waals surface area contributed by atoms with Gasteiger partial charge in [0, 0.05) is 21.2 Å². The van der Waals surface area contributed by atoms with Crippen molar-refractivity contribution in [2.45, 2.75) is 12.5 Å². The fourth-order valence-electron chi connectivity index (χ4n) is 2.94. The molecule has 1 atom stereocenters. The molecule has 0 radical (unpaired) electrons. The average Bonchev–Trinajstić information content (AvgIpc) is 3.11. The average molecular weight is 360 g/mol. The van der Waals surface area contributed by atoms with Gasteiger partial charge in [0.1, 0.15) is 5.75 Å². The smallest absolute Gasteiger partial charge is 0.127 e. The van der Waals surface area contributed by atoms with Crippen LogP contribution in [0.15, 0.2) is 46.3 Å². The number of hydrogen-bond donors (Lipinski definition) is 1. The topological polar surface area (TPSA) is 35.2 Å². The third-order valence-electron chi connectivity index (χ3n) is 3.96. The van der Waals surface area contributed by atoms with Gasteiger partial charge in [-0.3, -0.25) is 0 Å². The van der Waals surface area contributed by atoms with Crippen LogP contribution >= 0.6 is 27.3 Å². The van der Waals surface area contributed by atoms with Crippen molar-refractivity contribution in [2.24, 2.45) is 5.73 Å². The summed E-state index contributed by atoms with van der Waals surface area (Å²) in [6.45, 7) is 0.746. The van der Waals surface area contributed by atoms with Crippen LogP contribution in [0, 0.1) is 0 Å². The van der Waals surface area contributed by atoms with E-state index in [-0.39, 0.29) is 6.04 Å². The minimum atomic E-state index is -0.162. The van der Waals surface area contributed by atoms with Crippen LogP contribution < -0.4 is 10.5 Å². The first-order valence-corrected chi connectivity index (χ1v) is 8.58. The third kappa shape index (κ3) is 2.18. The molecule has 0 bridgehead atoms. The lowest BCUT2D eigenvalue weighted by Crippen LogP contribution is -2.12. The molecule has 0 spiro atoms. The lowest BCUT2D eigenvalue weighted by atomic mass is 9.96. The Bertz CT molecular complexity index is 827. The van der Waals surface area contributed by atoms with Gasteiger partial charge in [-0.2, -0.15) is 0 Å². The second-order valence-electron chi connectivity index (χ2n) is 5.25. The van der Waals surface area contributed by atoms with E-state index in [1.807, 2.05) is 0 Å². The zero-order valence-electron chi connectivity index (χ0n) is 11.3. The van der Waals surface area contributed by atoms with Crippen molar-refractivity contribution < 1.29 is 4.74 Å². The third-order valence-corrected chi connectivity index (χ3v) is 5.40. The molecule has 3 aromatic rings. The SMILES string of the molecule is NC(c1cc(Br)cc2c1OCC2)c1csc2ccccc12. The van der Waals surface area contributed by atoms with E-state index in [2.05, 4.69) is 57.7 Å². The molecule has 21 heavy (non-hydrogen) atoms. The number of benzene rings is 2. The molecule has 106 valence electrons. The Morgan fingerprint density at radius 2 is 2.05 bits per heavy atom. The van der Waals surface area contributed by atoms with E-state index in [9.17, 15) is 0 Å². The largest absolute Gasteiger partial charge is 0.493 e. The first kappa shape index (κ1) is 13.3. The van der Waals surface area contributed by atoms with E-state index >= 15 is 0 Å². The van der Waals surface area contributed by atoms with E-state index in [0.717, 1.165) is 28.8 Å². The molecular weight excluding hydrogens is 346 g/mol. The molecule has 0 amide bonds. The van der Waals surface area contributed by atoms with E-state index in [0.29, 0.717) is 0 Å². The van der Waals surface area contributed by atoms with Crippen molar-refractivity contribution in [1.29, 1.82) is 0 Å². The zero-order chi connectivity index (χ0) is 14.4. The van der Waals surface area contributed by atoms with E-state index in [1.54, 1.807) is 11.3 Å². The summed E-state index contributed by atoms with van der Waals surface area (Å²) < 4.78 is 8.16. The number of rotatable bonds is 2. The second kappa shape index (κ2) is 5.13. The van der Waals surface area contributed by atoms with Crippen LogP contribution in [0.1, 0.15) is 22.7 Å². The van der Waals surface area contributed by atoms with Crippen molar-refractivity contribution in [2.75, 3.05) is 6.61 Å². The van der Waals surface area contributed by atoms with Gasteiger partial charge in [0.15, 0.2) is 0 Å². The van der Waals surface area contributed by atoms with Crippen molar-refractivity contribution in [3.05, 3.63) is 62.9 Å². The molecule has 1 unspecified atom stereocenters. The Labute approximate surface area is 135 Å². The molecule has 1 aliphatic heterocycles. The molecule has 1 aromatic heterocycles. The maximum atomic E-state index is 6.57. The maximum absolute atomic E-state index is 6.57. The van der Waals surface area contributed by atoms with E-state index in [4.69, 9.17) is 10.5 Å². The fourth-order valence-corrected chi connectivity index (χ4v) is 4.46. The summed E-state index contributed by atoms with van der Waals surface area (Å²) in [6, 6.07) is 12.5. The highest BCUT2D eigenvalue weighted by molar-refractivity contribution is 9.10. The summed E-state index contributed by atoms with van der Waals surface area (Å²) in [6.07, 6.45) is 0.957. The van der Waals surface area contributed by atoms with Crippen LogP contribution in [0.4, 0.5) is 0 Å². The normalized spacial score (nSPS) is 15.0. The van der Waals surface area contributed by atoms with Crippen LogP contribution in [0.2, 0.25) is 0 Å². The summed E-state index contributed by atoms with van der Waals surface area (Å²) in [5.74, 6) is 0.973.